The summed E-state index contributed by atoms with van der Waals surface area (Å²) in [5.41, 5.74) is -0.0441. The third-order valence-electron chi connectivity index (χ3n) is 3.66. The van der Waals surface area contributed by atoms with Crippen LogP contribution < -0.4 is 10.6 Å². The van der Waals surface area contributed by atoms with Crippen molar-refractivity contribution in [3.8, 4) is 0 Å². The summed E-state index contributed by atoms with van der Waals surface area (Å²) >= 11 is 0. The van der Waals surface area contributed by atoms with E-state index in [1.165, 1.54) is 0 Å². The van der Waals surface area contributed by atoms with Gasteiger partial charge < -0.3 is 15.4 Å². The maximum Gasteiger partial charge on any atom is 0.249 e. The van der Waals surface area contributed by atoms with E-state index in [1.54, 1.807) is 0 Å². The zero-order chi connectivity index (χ0) is 11.6. The number of hydrogen-bond donors (Lipinski definition) is 2. The van der Waals surface area contributed by atoms with Crippen molar-refractivity contribution in [1.29, 1.82) is 0 Å². The van der Waals surface area contributed by atoms with Gasteiger partial charge in [0.25, 0.3) is 0 Å². The van der Waals surface area contributed by atoms with Gasteiger partial charge in [-0.1, -0.05) is 0 Å². The van der Waals surface area contributed by atoms with Crippen molar-refractivity contribution in [1.82, 2.24) is 10.6 Å². The molecule has 2 atom stereocenters. The average Bonchev–Trinajstić information content (AvgIpc) is 2.65. The van der Waals surface area contributed by atoms with Crippen LogP contribution in [0.5, 0.6) is 0 Å². The van der Waals surface area contributed by atoms with Crippen molar-refractivity contribution in [2.45, 2.75) is 57.3 Å². The third-order valence-corrected chi connectivity index (χ3v) is 3.66. The van der Waals surface area contributed by atoms with E-state index in [-0.39, 0.29) is 23.7 Å². The number of piperidine rings is 1. The predicted molar refractivity (Wildman–Crippen MR) is 62.2 cm³/mol. The third kappa shape index (κ3) is 2.74. The molecule has 2 aliphatic rings. The molecule has 0 aromatic carbocycles. The highest BCUT2D eigenvalue weighted by Gasteiger charge is 2.34. The van der Waals surface area contributed by atoms with E-state index < -0.39 is 0 Å². The Labute approximate surface area is 97.1 Å². The summed E-state index contributed by atoms with van der Waals surface area (Å²) in [7, 11) is 0. The average molecular weight is 226 g/mol. The largest absolute Gasteiger partial charge is 0.365 e. The molecule has 2 rings (SSSR count). The fourth-order valence-corrected chi connectivity index (χ4v) is 2.48. The van der Waals surface area contributed by atoms with Crippen LogP contribution in [-0.4, -0.2) is 36.7 Å². The van der Waals surface area contributed by atoms with Crippen LogP contribution in [0.2, 0.25) is 0 Å². The highest BCUT2D eigenvalue weighted by molar-refractivity contribution is 5.81. The molecule has 0 saturated carbocycles. The topological polar surface area (TPSA) is 50.4 Å². The lowest BCUT2D eigenvalue weighted by Gasteiger charge is -2.35. The first-order valence-corrected chi connectivity index (χ1v) is 6.27. The summed E-state index contributed by atoms with van der Waals surface area (Å²) in [5, 5.41) is 6.46. The van der Waals surface area contributed by atoms with Gasteiger partial charge in [0.1, 0.15) is 6.10 Å². The van der Waals surface area contributed by atoms with Gasteiger partial charge in [-0.15, -0.1) is 0 Å². The molecule has 92 valence electrons. The molecule has 2 saturated heterocycles. The van der Waals surface area contributed by atoms with E-state index >= 15 is 0 Å². The number of rotatable bonds is 2. The van der Waals surface area contributed by atoms with Crippen LogP contribution in [0.15, 0.2) is 0 Å². The van der Waals surface area contributed by atoms with Gasteiger partial charge in [-0.2, -0.15) is 0 Å². The SMILES string of the molecule is CC1CCC(C(=O)NC2(C)CCNCC2)O1. The van der Waals surface area contributed by atoms with Crippen molar-refractivity contribution in [2.75, 3.05) is 13.1 Å². The van der Waals surface area contributed by atoms with Gasteiger partial charge in [0, 0.05) is 5.54 Å². The lowest BCUT2D eigenvalue weighted by atomic mass is 9.90. The van der Waals surface area contributed by atoms with Crippen molar-refractivity contribution in [3.63, 3.8) is 0 Å². The molecule has 0 aromatic heterocycles. The first-order valence-electron chi connectivity index (χ1n) is 6.27. The lowest BCUT2D eigenvalue weighted by Crippen LogP contribution is -2.54. The molecule has 16 heavy (non-hydrogen) atoms. The zero-order valence-electron chi connectivity index (χ0n) is 10.2. The van der Waals surface area contributed by atoms with Gasteiger partial charge >= 0.3 is 0 Å². The molecule has 2 unspecified atom stereocenters. The molecule has 2 aliphatic heterocycles. The second-order valence-corrected chi connectivity index (χ2v) is 5.31. The van der Waals surface area contributed by atoms with Crippen molar-refractivity contribution in [2.24, 2.45) is 0 Å². The van der Waals surface area contributed by atoms with Gasteiger partial charge in [0.15, 0.2) is 0 Å². The summed E-state index contributed by atoms with van der Waals surface area (Å²) < 4.78 is 5.58. The Kier molecular flexibility index (Phi) is 3.50. The minimum Gasteiger partial charge on any atom is -0.365 e. The van der Waals surface area contributed by atoms with Gasteiger partial charge in [-0.3, -0.25) is 4.79 Å². The van der Waals surface area contributed by atoms with Crippen molar-refractivity contribution in [3.05, 3.63) is 0 Å². The minimum atomic E-state index is -0.221. The molecule has 0 spiro atoms. The molecular formula is C12H22N2O2. The first-order chi connectivity index (χ1) is 7.59. The van der Waals surface area contributed by atoms with Crippen molar-refractivity contribution < 1.29 is 9.53 Å². The molecule has 2 N–H and O–H groups in total. The molecule has 4 nitrogen and oxygen atoms in total. The second kappa shape index (κ2) is 4.72. The number of hydrogen-bond acceptors (Lipinski definition) is 3. The standard InChI is InChI=1S/C12H22N2O2/c1-9-3-4-10(16-9)11(15)14-12(2)5-7-13-8-6-12/h9-10,13H,3-8H2,1-2H3,(H,14,15). The maximum absolute atomic E-state index is 12.0. The molecule has 0 bridgehead atoms. The van der Waals surface area contributed by atoms with Crippen LogP contribution in [0.4, 0.5) is 0 Å². The number of amides is 1. The van der Waals surface area contributed by atoms with Gasteiger partial charge in [-0.05, 0) is 52.6 Å². The fraction of sp³-hybridized carbons (Fsp3) is 0.917. The number of ether oxygens (including phenoxy) is 1. The summed E-state index contributed by atoms with van der Waals surface area (Å²) in [6.07, 6.45) is 3.87. The maximum atomic E-state index is 12.0. The molecule has 0 aliphatic carbocycles. The molecule has 4 heteroatoms. The summed E-state index contributed by atoms with van der Waals surface area (Å²) in [5.74, 6) is 0.0775. The molecular weight excluding hydrogens is 204 g/mol. The fourth-order valence-electron chi connectivity index (χ4n) is 2.48. The summed E-state index contributed by atoms with van der Waals surface area (Å²) in [6, 6.07) is 0. The molecule has 1 amide bonds. The molecule has 2 heterocycles. The molecule has 0 aromatic rings. The monoisotopic (exact) mass is 226 g/mol. The van der Waals surface area contributed by atoms with Crippen LogP contribution in [0.3, 0.4) is 0 Å². The van der Waals surface area contributed by atoms with Crippen LogP contribution in [0, 0.1) is 0 Å². The van der Waals surface area contributed by atoms with E-state index in [4.69, 9.17) is 4.74 Å². The Morgan fingerprint density at radius 1 is 1.38 bits per heavy atom. The first kappa shape index (κ1) is 11.9. The predicted octanol–water partition coefficient (Wildman–Crippen LogP) is 0.812. The van der Waals surface area contributed by atoms with E-state index in [0.29, 0.717) is 0 Å². The minimum absolute atomic E-state index is 0.0441. The van der Waals surface area contributed by atoms with Gasteiger partial charge in [0.2, 0.25) is 5.91 Å². The highest BCUT2D eigenvalue weighted by atomic mass is 16.5. The number of carbonyl (C=O) groups excluding carboxylic acids is 1. The van der Waals surface area contributed by atoms with Gasteiger partial charge in [-0.25, -0.2) is 0 Å². The summed E-state index contributed by atoms with van der Waals surface area (Å²) in [4.78, 5) is 12.0. The van der Waals surface area contributed by atoms with E-state index in [9.17, 15) is 4.79 Å². The van der Waals surface area contributed by atoms with Gasteiger partial charge in [0.05, 0.1) is 6.10 Å². The number of nitrogens with one attached hydrogen (secondary N) is 2. The summed E-state index contributed by atoms with van der Waals surface area (Å²) in [6.45, 7) is 6.13. The smallest absolute Gasteiger partial charge is 0.249 e. The Bertz CT molecular complexity index is 262. The van der Waals surface area contributed by atoms with Crippen LogP contribution in [0.1, 0.15) is 39.5 Å². The molecule has 2 fully saturated rings. The van der Waals surface area contributed by atoms with Crippen LogP contribution in [-0.2, 0) is 9.53 Å². The Hall–Kier alpha value is -0.610. The highest BCUT2D eigenvalue weighted by Crippen LogP contribution is 2.22. The number of carbonyl (C=O) groups is 1. The Morgan fingerprint density at radius 2 is 2.06 bits per heavy atom. The second-order valence-electron chi connectivity index (χ2n) is 5.31. The van der Waals surface area contributed by atoms with Crippen LogP contribution >= 0.6 is 0 Å². The van der Waals surface area contributed by atoms with E-state index in [0.717, 1.165) is 38.8 Å². The lowest BCUT2D eigenvalue weighted by molar-refractivity contribution is -0.133. The quantitative estimate of drug-likeness (QED) is 0.732. The van der Waals surface area contributed by atoms with Crippen molar-refractivity contribution >= 4 is 5.91 Å². The Balaban J connectivity index is 1.86. The molecule has 0 radical (unpaired) electrons. The Morgan fingerprint density at radius 3 is 2.62 bits per heavy atom. The van der Waals surface area contributed by atoms with Crippen LogP contribution in [0.25, 0.3) is 0 Å². The normalized spacial score (nSPS) is 33.6. The van der Waals surface area contributed by atoms with E-state index in [1.807, 2.05) is 6.92 Å². The van der Waals surface area contributed by atoms with E-state index in [2.05, 4.69) is 17.6 Å². The zero-order valence-corrected chi connectivity index (χ0v) is 10.2.